The Balaban J connectivity index is 1.75. The molecule has 0 N–H and O–H groups in total. The van der Waals surface area contributed by atoms with E-state index in [-0.39, 0.29) is 23.4 Å². The van der Waals surface area contributed by atoms with Gasteiger partial charge in [-0.3, -0.25) is 9.59 Å². The van der Waals surface area contributed by atoms with Crippen molar-refractivity contribution in [1.29, 1.82) is 5.26 Å². The van der Waals surface area contributed by atoms with E-state index in [1.807, 2.05) is 18.2 Å². The maximum Gasteiger partial charge on any atom is 0.222 e. The van der Waals surface area contributed by atoms with Crippen LogP contribution in [0.3, 0.4) is 0 Å². The lowest BCUT2D eigenvalue weighted by molar-refractivity contribution is -0.121. The molecule has 23 heavy (non-hydrogen) atoms. The van der Waals surface area contributed by atoms with Crippen molar-refractivity contribution in [3.05, 3.63) is 58.5 Å². The summed E-state index contributed by atoms with van der Waals surface area (Å²) in [6, 6.07) is 10.8. The summed E-state index contributed by atoms with van der Waals surface area (Å²) in [7, 11) is 0. The van der Waals surface area contributed by atoms with Gasteiger partial charge in [-0.05, 0) is 48.6 Å². The lowest BCUT2D eigenvalue weighted by Crippen LogP contribution is -2.24. The molecule has 0 saturated heterocycles. The molecule has 1 fully saturated rings. The number of hydrogen-bond acceptors (Lipinski definition) is 4. The predicted octanol–water partition coefficient (Wildman–Crippen LogP) is 3.94. The third-order valence-corrected chi connectivity index (χ3v) is 4.47. The number of rotatable bonds is 5. The SMILES string of the molecule is Cc1ccoc1C(=O)[C@H](C#N)C(=O)[C@@H]1C[C@@H]1c1ccc(Cl)cc1. The number of hydrogen-bond donors (Lipinski definition) is 0. The molecule has 0 amide bonds. The Morgan fingerprint density at radius 3 is 2.57 bits per heavy atom. The molecule has 0 aliphatic heterocycles. The van der Waals surface area contributed by atoms with Gasteiger partial charge in [-0.15, -0.1) is 0 Å². The maximum atomic E-state index is 12.5. The summed E-state index contributed by atoms with van der Waals surface area (Å²) in [5, 5.41) is 9.91. The van der Waals surface area contributed by atoms with Gasteiger partial charge in [0.2, 0.25) is 5.78 Å². The van der Waals surface area contributed by atoms with E-state index in [9.17, 15) is 14.9 Å². The first kappa shape index (κ1) is 15.5. The summed E-state index contributed by atoms with van der Waals surface area (Å²) in [4.78, 5) is 24.9. The number of nitrogens with zero attached hydrogens (tertiary/aromatic N) is 1. The van der Waals surface area contributed by atoms with Gasteiger partial charge in [0.1, 0.15) is 0 Å². The monoisotopic (exact) mass is 327 g/mol. The molecule has 4 nitrogen and oxygen atoms in total. The van der Waals surface area contributed by atoms with Crippen molar-refractivity contribution in [3.8, 4) is 6.07 Å². The quantitative estimate of drug-likeness (QED) is 0.616. The van der Waals surface area contributed by atoms with Gasteiger partial charge in [0.05, 0.1) is 12.3 Å². The average Bonchev–Trinajstić information content (AvgIpc) is 3.22. The molecule has 1 aliphatic rings. The van der Waals surface area contributed by atoms with E-state index in [2.05, 4.69) is 0 Å². The van der Waals surface area contributed by atoms with Crippen LogP contribution in [0.5, 0.6) is 0 Å². The van der Waals surface area contributed by atoms with Crippen LogP contribution in [-0.4, -0.2) is 11.6 Å². The molecule has 0 bridgehead atoms. The van der Waals surface area contributed by atoms with Crippen molar-refractivity contribution in [2.75, 3.05) is 0 Å². The first-order valence-electron chi connectivity index (χ1n) is 7.30. The smallest absolute Gasteiger partial charge is 0.222 e. The Morgan fingerprint density at radius 2 is 2.00 bits per heavy atom. The molecular weight excluding hydrogens is 314 g/mol. The molecule has 5 heteroatoms. The van der Waals surface area contributed by atoms with E-state index < -0.39 is 11.7 Å². The topological polar surface area (TPSA) is 71.1 Å². The molecule has 0 spiro atoms. The van der Waals surface area contributed by atoms with Crippen LogP contribution in [-0.2, 0) is 4.79 Å². The third kappa shape index (κ3) is 2.93. The number of carbonyl (C=O) groups excluding carboxylic acids is 2. The molecule has 3 rings (SSSR count). The number of furan rings is 1. The van der Waals surface area contributed by atoms with Crippen LogP contribution in [0.25, 0.3) is 0 Å². The van der Waals surface area contributed by atoms with E-state index in [1.54, 1.807) is 25.1 Å². The zero-order valence-electron chi connectivity index (χ0n) is 12.5. The molecule has 0 unspecified atom stereocenters. The largest absolute Gasteiger partial charge is 0.461 e. The number of nitriles is 1. The minimum absolute atomic E-state index is 0.0566. The molecule has 1 aromatic heterocycles. The van der Waals surface area contributed by atoms with E-state index in [0.717, 1.165) is 5.56 Å². The molecule has 3 atom stereocenters. The number of Topliss-reactive ketones (excluding diaryl/α,β-unsaturated/α-hetero) is 2. The number of benzene rings is 1. The Kier molecular flexibility index (Phi) is 4.06. The van der Waals surface area contributed by atoms with Gasteiger partial charge in [0.15, 0.2) is 17.5 Å². The maximum absolute atomic E-state index is 12.5. The normalized spacial score (nSPS) is 20.6. The van der Waals surface area contributed by atoms with Crippen LogP contribution in [0.2, 0.25) is 5.02 Å². The summed E-state index contributed by atoms with van der Waals surface area (Å²) in [5.74, 6) is -2.33. The van der Waals surface area contributed by atoms with Crippen LogP contribution in [0, 0.1) is 30.1 Å². The van der Waals surface area contributed by atoms with Crippen LogP contribution < -0.4 is 0 Å². The summed E-state index contributed by atoms with van der Waals surface area (Å²) >= 11 is 5.86. The summed E-state index contributed by atoms with van der Waals surface area (Å²) < 4.78 is 5.12. The zero-order chi connectivity index (χ0) is 16.6. The van der Waals surface area contributed by atoms with Gasteiger partial charge in [0.25, 0.3) is 0 Å². The highest BCUT2D eigenvalue weighted by Crippen LogP contribution is 2.49. The Morgan fingerprint density at radius 1 is 1.30 bits per heavy atom. The van der Waals surface area contributed by atoms with Crippen molar-refractivity contribution in [2.24, 2.45) is 11.8 Å². The van der Waals surface area contributed by atoms with Crippen molar-refractivity contribution >= 4 is 23.2 Å². The van der Waals surface area contributed by atoms with Crippen LogP contribution >= 0.6 is 11.6 Å². The third-order valence-electron chi connectivity index (χ3n) is 4.22. The Hall–Kier alpha value is -2.38. The second-order valence-corrected chi connectivity index (χ2v) is 6.20. The van der Waals surface area contributed by atoms with Gasteiger partial charge in [-0.25, -0.2) is 0 Å². The van der Waals surface area contributed by atoms with Gasteiger partial charge in [0, 0.05) is 10.9 Å². The van der Waals surface area contributed by atoms with Crippen molar-refractivity contribution in [1.82, 2.24) is 0 Å². The second kappa shape index (κ2) is 6.02. The van der Waals surface area contributed by atoms with Gasteiger partial charge in [-0.1, -0.05) is 23.7 Å². The fourth-order valence-corrected chi connectivity index (χ4v) is 2.94. The molecule has 1 aromatic carbocycles. The highest BCUT2D eigenvalue weighted by molar-refractivity contribution is 6.30. The number of halogens is 1. The lowest BCUT2D eigenvalue weighted by Gasteiger charge is -2.06. The van der Waals surface area contributed by atoms with E-state index in [4.69, 9.17) is 16.0 Å². The molecule has 1 heterocycles. The molecule has 2 aromatic rings. The predicted molar refractivity (Wildman–Crippen MR) is 84.2 cm³/mol. The second-order valence-electron chi connectivity index (χ2n) is 5.76. The summed E-state index contributed by atoms with van der Waals surface area (Å²) in [5.41, 5.74) is 1.64. The van der Waals surface area contributed by atoms with Gasteiger partial charge < -0.3 is 4.42 Å². The minimum Gasteiger partial charge on any atom is -0.461 e. The lowest BCUT2D eigenvalue weighted by atomic mass is 9.93. The summed E-state index contributed by atoms with van der Waals surface area (Å²) in [6.45, 7) is 1.71. The van der Waals surface area contributed by atoms with Crippen molar-refractivity contribution < 1.29 is 14.0 Å². The molecule has 0 radical (unpaired) electrons. The van der Waals surface area contributed by atoms with E-state index >= 15 is 0 Å². The average molecular weight is 328 g/mol. The van der Waals surface area contributed by atoms with E-state index in [1.165, 1.54) is 6.26 Å². The van der Waals surface area contributed by atoms with Gasteiger partial charge in [-0.2, -0.15) is 5.26 Å². The number of aryl methyl sites for hydroxylation is 1. The van der Waals surface area contributed by atoms with E-state index in [0.29, 0.717) is 17.0 Å². The molecular formula is C18H14ClNO3. The fraction of sp³-hybridized carbons (Fsp3) is 0.278. The number of ketones is 2. The standard InChI is InChI=1S/C18H14ClNO3/c1-10-6-7-23-18(10)17(22)15(9-20)16(21)14-8-13(14)11-2-4-12(19)5-3-11/h2-7,13-15H,8H2,1H3/t13-,14-,15-/m1/s1. The van der Waals surface area contributed by atoms with Crippen molar-refractivity contribution in [3.63, 3.8) is 0 Å². The van der Waals surface area contributed by atoms with Crippen LogP contribution in [0.1, 0.15) is 34.0 Å². The van der Waals surface area contributed by atoms with Crippen LogP contribution in [0.4, 0.5) is 0 Å². The summed E-state index contributed by atoms with van der Waals surface area (Å²) in [6.07, 6.45) is 2.04. The Bertz CT molecular complexity index is 800. The number of carbonyl (C=O) groups is 2. The first-order chi connectivity index (χ1) is 11.0. The van der Waals surface area contributed by atoms with Crippen molar-refractivity contribution in [2.45, 2.75) is 19.3 Å². The minimum atomic E-state index is -1.30. The fourth-order valence-electron chi connectivity index (χ4n) is 2.81. The van der Waals surface area contributed by atoms with Gasteiger partial charge >= 0.3 is 0 Å². The van der Waals surface area contributed by atoms with Crippen LogP contribution in [0.15, 0.2) is 41.0 Å². The first-order valence-corrected chi connectivity index (χ1v) is 7.68. The molecule has 1 aliphatic carbocycles. The highest BCUT2D eigenvalue weighted by Gasteiger charge is 2.48. The zero-order valence-corrected chi connectivity index (χ0v) is 13.2. The Labute approximate surface area is 138 Å². The molecule has 1 saturated carbocycles. The highest BCUT2D eigenvalue weighted by atomic mass is 35.5. The molecule has 116 valence electrons.